The highest BCUT2D eigenvalue weighted by Gasteiger charge is 2.36. The predicted octanol–water partition coefficient (Wildman–Crippen LogP) is 0.242. The van der Waals surface area contributed by atoms with E-state index in [0.29, 0.717) is 0 Å². The molecule has 4 rings (SSSR count). The van der Waals surface area contributed by atoms with E-state index in [2.05, 4.69) is 0 Å². The fraction of sp³-hybridized carbons (Fsp3) is 0.375. The Kier molecular flexibility index (Phi) is 3.55. The number of hydrogen-bond donors (Lipinski definition) is 2. The van der Waals surface area contributed by atoms with E-state index in [-0.39, 0.29) is 42.2 Å². The summed E-state index contributed by atoms with van der Waals surface area (Å²) in [5.74, 6) is -2.12. The van der Waals surface area contributed by atoms with E-state index in [9.17, 15) is 23.5 Å². The van der Waals surface area contributed by atoms with E-state index < -0.39 is 35.0 Å². The van der Waals surface area contributed by atoms with Crippen LogP contribution in [0.2, 0.25) is 0 Å². The van der Waals surface area contributed by atoms with Crippen molar-refractivity contribution in [3.05, 3.63) is 33.9 Å². The monoisotopic (exact) mass is 366 g/mol. The molecular weight excluding hydrogens is 350 g/mol. The Morgan fingerprint density at radius 3 is 2.77 bits per heavy atom. The van der Waals surface area contributed by atoms with Gasteiger partial charge in [-0.25, -0.2) is 13.6 Å². The summed E-state index contributed by atoms with van der Waals surface area (Å²) < 4.78 is 35.7. The molecule has 1 aromatic heterocycles. The smallest absolute Gasteiger partial charge is 0.341 e. The third-order valence-electron chi connectivity index (χ3n) is 4.75. The molecule has 0 saturated carbocycles. The van der Waals surface area contributed by atoms with Crippen LogP contribution >= 0.6 is 0 Å². The number of hydrogen-bond acceptors (Lipinski definition) is 6. The number of benzene rings is 1. The number of rotatable bonds is 2. The summed E-state index contributed by atoms with van der Waals surface area (Å²) in [5.41, 5.74) is 4.67. The maximum Gasteiger partial charge on any atom is 0.341 e. The zero-order valence-corrected chi connectivity index (χ0v) is 13.8. The number of aromatic nitrogens is 1. The second kappa shape index (κ2) is 5.56. The highest BCUT2D eigenvalue weighted by atomic mass is 19.1. The molecule has 8 nitrogen and oxygen atoms in total. The quantitative estimate of drug-likeness (QED) is 0.785. The van der Waals surface area contributed by atoms with E-state index in [1.807, 2.05) is 0 Å². The van der Waals surface area contributed by atoms with Gasteiger partial charge in [-0.15, -0.1) is 0 Å². The van der Waals surface area contributed by atoms with Gasteiger partial charge in [0, 0.05) is 19.8 Å². The molecule has 0 spiro atoms. The van der Waals surface area contributed by atoms with Gasteiger partial charge in [-0.3, -0.25) is 14.5 Å². The first kappa shape index (κ1) is 16.6. The third kappa shape index (κ3) is 2.22. The summed E-state index contributed by atoms with van der Waals surface area (Å²) in [4.78, 5) is 25.3. The topological polar surface area (TPSA) is 101 Å². The molecule has 0 amide bonds. The Bertz CT molecular complexity index is 983. The summed E-state index contributed by atoms with van der Waals surface area (Å²) >= 11 is 0. The van der Waals surface area contributed by atoms with Gasteiger partial charge in [-0.2, -0.15) is 0 Å². The molecular formula is C16H16F2N4O4. The van der Waals surface area contributed by atoms with Crippen LogP contribution in [0.25, 0.3) is 10.9 Å². The fourth-order valence-corrected chi connectivity index (χ4v) is 3.44. The van der Waals surface area contributed by atoms with Crippen LogP contribution in [0.3, 0.4) is 0 Å². The van der Waals surface area contributed by atoms with Gasteiger partial charge in [0.25, 0.3) is 0 Å². The number of carbonyl (C=O) groups is 1. The molecule has 26 heavy (non-hydrogen) atoms. The second-order valence-corrected chi connectivity index (χ2v) is 6.47. The van der Waals surface area contributed by atoms with E-state index in [0.717, 1.165) is 6.07 Å². The molecule has 3 heterocycles. The van der Waals surface area contributed by atoms with Gasteiger partial charge in [-0.1, -0.05) is 0 Å². The van der Waals surface area contributed by atoms with Crippen molar-refractivity contribution in [2.24, 2.45) is 5.73 Å². The first-order valence-electron chi connectivity index (χ1n) is 7.93. The number of nitrogens with zero attached hydrogens (tertiary/aromatic N) is 3. The predicted molar refractivity (Wildman–Crippen MR) is 89.8 cm³/mol. The number of ether oxygens (including phenoxy) is 1. The summed E-state index contributed by atoms with van der Waals surface area (Å²) in [6.45, 7) is 0.0138. The molecule has 10 heteroatoms. The van der Waals surface area contributed by atoms with E-state index in [1.54, 1.807) is 7.05 Å². The molecule has 2 aliphatic heterocycles. The molecule has 2 aliphatic rings. The fourth-order valence-electron chi connectivity index (χ4n) is 3.44. The maximum absolute atomic E-state index is 14.8. The van der Waals surface area contributed by atoms with Crippen molar-refractivity contribution in [2.75, 3.05) is 36.8 Å². The Morgan fingerprint density at radius 1 is 1.42 bits per heavy atom. The Balaban J connectivity index is 2.04. The minimum Gasteiger partial charge on any atom is -0.477 e. The van der Waals surface area contributed by atoms with E-state index in [4.69, 9.17) is 10.5 Å². The lowest BCUT2D eigenvalue weighted by Gasteiger charge is -2.33. The Labute approximate surface area is 145 Å². The Hall–Kier alpha value is -2.88. The first-order chi connectivity index (χ1) is 12.3. The number of aromatic carboxylic acids is 1. The highest BCUT2D eigenvalue weighted by Crippen LogP contribution is 2.41. The highest BCUT2D eigenvalue weighted by molar-refractivity contribution is 5.97. The molecule has 2 atom stereocenters. The normalized spacial score (nSPS) is 22.0. The summed E-state index contributed by atoms with van der Waals surface area (Å²) in [5, 5.41) is 10.7. The van der Waals surface area contributed by atoms with Crippen LogP contribution in [0.4, 0.5) is 14.5 Å². The lowest BCUT2D eigenvalue weighted by molar-refractivity contribution is 0.0694. The van der Waals surface area contributed by atoms with Gasteiger partial charge in [0.05, 0.1) is 18.0 Å². The van der Waals surface area contributed by atoms with E-state index in [1.165, 1.54) is 20.8 Å². The Morgan fingerprint density at radius 2 is 2.15 bits per heavy atom. The lowest BCUT2D eigenvalue weighted by atomic mass is 10.1. The lowest BCUT2D eigenvalue weighted by Crippen LogP contribution is -2.40. The number of pyridine rings is 1. The summed E-state index contributed by atoms with van der Waals surface area (Å²) in [6.07, 6.45) is -0.130. The van der Waals surface area contributed by atoms with Crippen LogP contribution in [0.15, 0.2) is 17.1 Å². The molecule has 0 bridgehead atoms. The van der Waals surface area contributed by atoms with Gasteiger partial charge >= 0.3 is 5.97 Å². The zero-order chi connectivity index (χ0) is 18.7. The molecule has 2 aromatic rings. The van der Waals surface area contributed by atoms with Crippen molar-refractivity contribution in [3.63, 3.8) is 0 Å². The second-order valence-electron chi connectivity index (χ2n) is 6.47. The summed E-state index contributed by atoms with van der Waals surface area (Å²) in [6, 6.07) is 0.221. The number of anilines is 1. The van der Waals surface area contributed by atoms with Crippen LogP contribution in [-0.4, -0.2) is 54.8 Å². The minimum absolute atomic E-state index is 0.000565. The van der Waals surface area contributed by atoms with Crippen molar-refractivity contribution >= 4 is 22.6 Å². The molecule has 0 radical (unpaired) electrons. The van der Waals surface area contributed by atoms with Gasteiger partial charge in [0.15, 0.2) is 18.3 Å². The molecule has 3 N–H and O–H groups in total. The number of carboxylic acids is 1. The first-order valence-corrected chi connectivity index (χ1v) is 7.93. The number of nitrogens with two attached hydrogens (primary N) is 1. The van der Waals surface area contributed by atoms with Crippen LogP contribution in [0.5, 0.6) is 5.75 Å². The number of halogens is 2. The van der Waals surface area contributed by atoms with Crippen molar-refractivity contribution in [2.45, 2.75) is 12.2 Å². The van der Waals surface area contributed by atoms with Crippen LogP contribution < -0.4 is 25.8 Å². The molecule has 138 valence electrons. The average Bonchev–Trinajstić information content (AvgIpc) is 2.90. The average molecular weight is 366 g/mol. The molecule has 1 aromatic carbocycles. The number of alkyl halides is 1. The zero-order valence-electron chi connectivity index (χ0n) is 13.8. The van der Waals surface area contributed by atoms with Crippen LogP contribution in [-0.2, 0) is 0 Å². The SMILES string of the molecule is CN1COc2c(N3CC(N)C(F)C3)c(F)cc3c(=O)c(C(=O)O)cn1c23. The molecule has 1 fully saturated rings. The van der Waals surface area contributed by atoms with E-state index >= 15 is 0 Å². The molecule has 2 unspecified atom stereocenters. The van der Waals surface area contributed by atoms with Gasteiger partial charge in [0.2, 0.25) is 5.43 Å². The molecule has 1 saturated heterocycles. The van der Waals surface area contributed by atoms with Crippen molar-refractivity contribution < 1.29 is 23.4 Å². The van der Waals surface area contributed by atoms with Gasteiger partial charge in [-0.05, 0) is 6.07 Å². The largest absolute Gasteiger partial charge is 0.477 e. The van der Waals surface area contributed by atoms with Gasteiger partial charge < -0.3 is 20.5 Å². The van der Waals surface area contributed by atoms with Crippen molar-refractivity contribution in [1.82, 2.24) is 4.68 Å². The minimum atomic E-state index is -1.41. The van der Waals surface area contributed by atoms with Crippen LogP contribution in [0, 0.1) is 5.82 Å². The van der Waals surface area contributed by atoms with Gasteiger partial charge in [0.1, 0.15) is 22.9 Å². The summed E-state index contributed by atoms with van der Waals surface area (Å²) in [7, 11) is 1.63. The van der Waals surface area contributed by atoms with Crippen LogP contribution in [0.1, 0.15) is 10.4 Å². The van der Waals surface area contributed by atoms with Crippen molar-refractivity contribution in [3.8, 4) is 5.75 Å². The van der Waals surface area contributed by atoms with Crippen molar-refractivity contribution in [1.29, 1.82) is 0 Å². The molecule has 0 aliphatic carbocycles. The third-order valence-corrected chi connectivity index (χ3v) is 4.75. The number of carboxylic acid groups (broad SMARTS) is 1. The standard InChI is InChI=1S/C16H16F2N4O4/c1-20-6-26-15-12-7(14(23)8(16(24)25)3-22(12)20)2-9(17)13(15)21-4-10(18)11(19)5-21/h2-3,10-11H,4-6,19H2,1H3,(H,24,25). The maximum atomic E-state index is 14.8.